The maximum atomic E-state index is 12.5. The van der Waals surface area contributed by atoms with E-state index in [0.717, 1.165) is 25.2 Å². The van der Waals surface area contributed by atoms with Crippen molar-refractivity contribution in [1.29, 1.82) is 0 Å². The first kappa shape index (κ1) is 18.8. The highest BCUT2D eigenvalue weighted by Gasteiger charge is 2.22. The van der Waals surface area contributed by atoms with E-state index in [-0.39, 0.29) is 17.4 Å². The molecule has 1 aliphatic heterocycles. The highest BCUT2D eigenvalue weighted by atomic mass is 32.2. The van der Waals surface area contributed by atoms with Crippen molar-refractivity contribution in [2.45, 2.75) is 19.6 Å². The van der Waals surface area contributed by atoms with Gasteiger partial charge in [0.1, 0.15) is 11.5 Å². The van der Waals surface area contributed by atoms with Crippen LogP contribution >= 0.6 is 0 Å². The smallest absolute Gasteiger partial charge is 0.235 e. The Balaban J connectivity index is 1.57. The van der Waals surface area contributed by atoms with Gasteiger partial charge in [-0.25, -0.2) is 4.98 Å². The number of oxazole rings is 1. The maximum Gasteiger partial charge on any atom is 0.235 e. The normalized spacial score (nSPS) is 16.6. The van der Waals surface area contributed by atoms with Crippen LogP contribution in [0.4, 0.5) is 0 Å². The number of carbonyl (C=O) groups excluding carboxylic acids is 1. The summed E-state index contributed by atoms with van der Waals surface area (Å²) in [4.78, 5) is 21.0. The Morgan fingerprint density at radius 3 is 2.54 bits per heavy atom. The lowest BCUT2D eigenvalue weighted by molar-refractivity contribution is -0.130. The van der Waals surface area contributed by atoms with Gasteiger partial charge in [-0.15, -0.1) is 0 Å². The van der Waals surface area contributed by atoms with E-state index in [4.69, 9.17) is 4.42 Å². The van der Waals surface area contributed by atoms with Gasteiger partial charge >= 0.3 is 0 Å². The van der Waals surface area contributed by atoms with E-state index in [2.05, 4.69) is 16.8 Å². The summed E-state index contributed by atoms with van der Waals surface area (Å²) in [7, 11) is -1.29. The largest absolute Gasteiger partial charge is 0.441 e. The number of aryl methyl sites for hydroxylation is 1. The number of benzene rings is 1. The van der Waals surface area contributed by atoms with Crippen LogP contribution in [0.25, 0.3) is 11.5 Å². The van der Waals surface area contributed by atoms with E-state index in [1.54, 1.807) is 0 Å². The summed E-state index contributed by atoms with van der Waals surface area (Å²) in [5.41, 5.74) is 1.54. The molecule has 1 saturated heterocycles. The minimum absolute atomic E-state index is 0.0384. The molecule has 1 aromatic carbocycles. The summed E-state index contributed by atoms with van der Waals surface area (Å²) in [5, 5.41) is 0. The predicted molar refractivity (Wildman–Crippen MR) is 102 cm³/mol. The number of hydrogen-bond acceptors (Lipinski definition) is 5. The second-order valence-electron chi connectivity index (χ2n) is 6.43. The third kappa shape index (κ3) is 4.59. The molecule has 0 N–H and O–H groups in total. The molecule has 2 aromatic rings. The van der Waals surface area contributed by atoms with Gasteiger partial charge in [-0.1, -0.05) is 25.1 Å². The van der Waals surface area contributed by atoms with Crippen LogP contribution in [0.3, 0.4) is 0 Å². The van der Waals surface area contributed by atoms with Gasteiger partial charge in [0.05, 0.1) is 11.4 Å². The van der Waals surface area contributed by atoms with Crippen molar-refractivity contribution < 1.29 is 13.4 Å². The summed E-state index contributed by atoms with van der Waals surface area (Å²) < 4.78 is 18.2. The third-order valence-corrected chi connectivity index (χ3v) is 5.83. The zero-order valence-electron chi connectivity index (χ0n) is 15.3. The highest BCUT2D eigenvalue weighted by Crippen LogP contribution is 2.22. The molecule has 1 aromatic heterocycles. The van der Waals surface area contributed by atoms with Crippen molar-refractivity contribution in [1.82, 2.24) is 14.8 Å². The first-order valence-corrected chi connectivity index (χ1v) is 10.4. The van der Waals surface area contributed by atoms with Crippen LogP contribution in [0.15, 0.2) is 34.7 Å². The Morgan fingerprint density at radius 2 is 1.88 bits per heavy atom. The molecule has 0 radical (unpaired) electrons. The monoisotopic (exact) mass is 375 g/mol. The van der Waals surface area contributed by atoms with Crippen LogP contribution in [-0.4, -0.2) is 63.4 Å². The Labute approximate surface area is 156 Å². The lowest BCUT2D eigenvalue weighted by Gasteiger charge is -2.34. The van der Waals surface area contributed by atoms with Crippen LogP contribution in [0, 0.1) is 6.92 Å². The summed E-state index contributed by atoms with van der Waals surface area (Å²) >= 11 is 0. The van der Waals surface area contributed by atoms with Crippen LogP contribution in [-0.2, 0) is 21.3 Å². The van der Waals surface area contributed by atoms with E-state index in [1.165, 1.54) is 0 Å². The van der Waals surface area contributed by atoms with Crippen molar-refractivity contribution in [3.8, 4) is 11.5 Å². The molecule has 1 amide bonds. The molecule has 7 heteroatoms. The quantitative estimate of drug-likeness (QED) is 0.773. The van der Waals surface area contributed by atoms with E-state index in [9.17, 15) is 9.00 Å². The van der Waals surface area contributed by atoms with Gasteiger partial charge in [-0.05, 0) is 25.6 Å². The van der Waals surface area contributed by atoms with Crippen molar-refractivity contribution >= 4 is 16.7 Å². The molecule has 3 rings (SSSR count). The van der Waals surface area contributed by atoms with Crippen molar-refractivity contribution in [2.75, 3.05) is 38.5 Å². The molecule has 0 aliphatic carbocycles. The van der Waals surface area contributed by atoms with Crippen LogP contribution in [0.5, 0.6) is 0 Å². The summed E-state index contributed by atoms with van der Waals surface area (Å²) in [6.45, 7) is 8.14. The maximum absolute atomic E-state index is 12.5. The molecule has 1 aliphatic rings. The van der Waals surface area contributed by atoms with Gasteiger partial charge in [-0.2, -0.15) is 0 Å². The fraction of sp³-hybridized carbons (Fsp3) is 0.474. The van der Waals surface area contributed by atoms with Crippen LogP contribution < -0.4 is 0 Å². The Morgan fingerprint density at radius 1 is 1.19 bits per heavy atom. The molecule has 1 atom stereocenters. The summed E-state index contributed by atoms with van der Waals surface area (Å²) in [5.74, 6) is 1.42. The van der Waals surface area contributed by atoms with Gasteiger partial charge in [-0.3, -0.25) is 9.00 Å². The average Bonchev–Trinajstić information content (AvgIpc) is 3.03. The van der Waals surface area contributed by atoms with E-state index >= 15 is 0 Å². The molecule has 2 heterocycles. The number of piperazine rings is 1. The second kappa shape index (κ2) is 8.60. The molecule has 6 nitrogen and oxygen atoms in total. The van der Waals surface area contributed by atoms with Crippen LogP contribution in [0.2, 0.25) is 0 Å². The highest BCUT2D eigenvalue weighted by molar-refractivity contribution is 7.84. The molecule has 0 saturated carbocycles. The van der Waals surface area contributed by atoms with Gasteiger partial charge < -0.3 is 14.2 Å². The summed E-state index contributed by atoms with van der Waals surface area (Å²) in [6.07, 6.45) is 0. The first-order chi connectivity index (χ1) is 12.6. The van der Waals surface area contributed by atoms with Crippen molar-refractivity contribution in [2.24, 2.45) is 0 Å². The van der Waals surface area contributed by atoms with Gasteiger partial charge in [0, 0.05) is 42.5 Å². The SMILES string of the molecule is CCN1CCN(C(=O)CS(=O)Cc2nc(-c3ccccc3)oc2C)CC1. The number of hydrogen-bond donors (Lipinski definition) is 0. The summed E-state index contributed by atoms with van der Waals surface area (Å²) in [6, 6.07) is 9.62. The van der Waals surface area contributed by atoms with E-state index in [1.807, 2.05) is 42.2 Å². The molecule has 26 heavy (non-hydrogen) atoms. The first-order valence-electron chi connectivity index (χ1n) is 8.93. The van der Waals surface area contributed by atoms with Gasteiger partial charge in [0.25, 0.3) is 0 Å². The molecule has 140 valence electrons. The fourth-order valence-electron chi connectivity index (χ4n) is 3.01. The van der Waals surface area contributed by atoms with E-state index in [0.29, 0.717) is 30.4 Å². The minimum atomic E-state index is -1.29. The van der Waals surface area contributed by atoms with E-state index < -0.39 is 10.8 Å². The van der Waals surface area contributed by atoms with Gasteiger partial charge in [0.15, 0.2) is 0 Å². The molecule has 0 spiro atoms. The number of carbonyl (C=O) groups is 1. The number of likely N-dealkylation sites (N-methyl/N-ethyl adjacent to an activating group) is 1. The Hall–Kier alpha value is -1.99. The second-order valence-corrected chi connectivity index (χ2v) is 7.89. The molecule has 0 bridgehead atoms. The molecular formula is C19H25N3O3S. The molecule has 1 fully saturated rings. The predicted octanol–water partition coefficient (Wildman–Crippen LogP) is 2.06. The topological polar surface area (TPSA) is 66.7 Å². The number of rotatable bonds is 6. The number of amides is 1. The number of nitrogens with zero attached hydrogens (tertiary/aromatic N) is 3. The zero-order chi connectivity index (χ0) is 18.5. The number of aromatic nitrogens is 1. The Kier molecular flexibility index (Phi) is 6.21. The minimum Gasteiger partial charge on any atom is -0.441 e. The van der Waals surface area contributed by atoms with Gasteiger partial charge in [0.2, 0.25) is 11.8 Å². The standard InChI is InChI=1S/C19H25N3O3S/c1-3-21-9-11-22(12-10-21)18(23)14-26(24)13-17-15(2)25-19(20-17)16-7-5-4-6-8-16/h4-8H,3,9-14H2,1-2H3. The molecular weight excluding hydrogens is 350 g/mol. The Bertz CT molecular complexity index is 768. The fourth-order valence-corrected chi connectivity index (χ4v) is 4.15. The lowest BCUT2D eigenvalue weighted by atomic mass is 10.2. The van der Waals surface area contributed by atoms with Crippen molar-refractivity contribution in [3.05, 3.63) is 41.8 Å². The third-order valence-electron chi connectivity index (χ3n) is 4.67. The zero-order valence-corrected chi connectivity index (χ0v) is 16.1. The molecule has 1 unspecified atom stereocenters. The average molecular weight is 375 g/mol. The van der Waals surface area contributed by atoms with Crippen molar-refractivity contribution in [3.63, 3.8) is 0 Å². The lowest BCUT2D eigenvalue weighted by Crippen LogP contribution is -2.49. The van der Waals surface area contributed by atoms with Crippen LogP contribution in [0.1, 0.15) is 18.4 Å².